The molecule has 0 saturated carbocycles. The molecule has 0 aromatic rings. The second-order valence-corrected chi connectivity index (χ2v) is 27.6. The predicted octanol–water partition coefficient (Wildman–Crippen LogP) is 10.5. The van der Waals surface area contributed by atoms with Crippen molar-refractivity contribution < 1.29 is 28.5 Å². The minimum Gasteiger partial charge on any atom is -0.413 e. The summed E-state index contributed by atoms with van der Waals surface area (Å²) in [6.45, 7) is 32.0. The molecule has 2 N–H and O–H groups in total. The number of allylic oxidation sites excluding steroid dienone is 8. The van der Waals surface area contributed by atoms with E-state index in [-0.39, 0.29) is 71.7 Å². The van der Waals surface area contributed by atoms with Crippen LogP contribution < -0.4 is 0 Å². The summed E-state index contributed by atoms with van der Waals surface area (Å²) in [6.07, 6.45) is 22.6. The number of rotatable bonds is 16. The third-order valence-corrected chi connectivity index (χ3v) is 20.6. The topological polar surface area (TPSA) is 77.4 Å². The molecule has 2 aliphatic heterocycles. The number of ether oxygens (including phenoxy) is 2. The first-order chi connectivity index (χ1) is 23.1. The lowest BCUT2D eigenvalue weighted by molar-refractivity contribution is -0.112. The Hall–Kier alpha value is -1.11. The molecule has 0 aromatic carbocycles. The summed E-state index contributed by atoms with van der Waals surface area (Å²) >= 11 is 0. The van der Waals surface area contributed by atoms with Gasteiger partial charge in [-0.05, 0) is 88.6 Å². The highest BCUT2D eigenvalue weighted by molar-refractivity contribution is 6.74. The van der Waals surface area contributed by atoms with Crippen LogP contribution in [0.4, 0.5) is 0 Å². The van der Waals surface area contributed by atoms with Crippen molar-refractivity contribution in [1.29, 1.82) is 0 Å². The predicted molar refractivity (Wildman–Crippen MR) is 217 cm³/mol. The maximum Gasteiger partial charge on any atom is 0.192 e. The molecule has 8 heteroatoms. The van der Waals surface area contributed by atoms with Gasteiger partial charge in [0.1, 0.15) is 0 Å². The van der Waals surface area contributed by atoms with Gasteiger partial charge in [0, 0.05) is 25.0 Å². The van der Waals surface area contributed by atoms with Crippen LogP contribution in [0, 0.1) is 11.8 Å². The Labute approximate surface area is 309 Å². The summed E-state index contributed by atoms with van der Waals surface area (Å²) < 4.78 is 26.7. The van der Waals surface area contributed by atoms with Gasteiger partial charge in [-0.2, -0.15) is 0 Å². The zero-order chi connectivity index (χ0) is 37.9. The van der Waals surface area contributed by atoms with Gasteiger partial charge >= 0.3 is 0 Å². The maximum absolute atomic E-state index is 9.64. The third kappa shape index (κ3) is 14.0. The molecular weight excluding hydrogens is 657 g/mol. The van der Waals surface area contributed by atoms with Gasteiger partial charge in [-0.1, -0.05) is 115 Å². The average molecular weight is 733 g/mol. The van der Waals surface area contributed by atoms with Crippen molar-refractivity contribution >= 4 is 16.6 Å². The van der Waals surface area contributed by atoms with Crippen LogP contribution in [-0.2, 0) is 18.3 Å². The summed E-state index contributed by atoms with van der Waals surface area (Å²) in [5, 5.41) is 19.6. The van der Waals surface area contributed by atoms with Crippen molar-refractivity contribution in [2.45, 2.75) is 181 Å². The first-order valence-electron chi connectivity index (χ1n) is 19.3. The highest BCUT2D eigenvalue weighted by atomic mass is 28.4. The molecule has 2 rings (SSSR count). The summed E-state index contributed by atoms with van der Waals surface area (Å²) in [5.41, 5.74) is 2.37. The van der Waals surface area contributed by atoms with E-state index in [0.717, 1.165) is 25.7 Å². The molecule has 2 heterocycles. The molecular formula is C42H76O6Si2. The lowest BCUT2D eigenvalue weighted by Crippen LogP contribution is -2.51. The molecule has 0 radical (unpaired) electrons. The van der Waals surface area contributed by atoms with Crippen LogP contribution in [0.5, 0.6) is 0 Å². The van der Waals surface area contributed by atoms with Gasteiger partial charge in [0.25, 0.3) is 0 Å². The molecule has 0 aliphatic carbocycles. The first kappa shape index (κ1) is 45.1. The van der Waals surface area contributed by atoms with E-state index in [0.29, 0.717) is 12.8 Å². The summed E-state index contributed by atoms with van der Waals surface area (Å²) in [5.74, 6) is 0.497. The van der Waals surface area contributed by atoms with Gasteiger partial charge in [0.05, 0.1) is 36.6 Å². The Morgan fingerprint density at radius 1 is 0.640 bits per heavy atom. The van der Waals surface area contributed by atoms with Crippen molar-refractivity contribution in [3.63, 3.8) is 0 Å². The van der Waals surface area contributed by atoms with Crippen molar-refractivity contribution in [3.05, 3.63) is 59.8 Å². The maximum atomic E-state index is 9.64. The Kier molecular flexibility index (Phi) is 17.9. The third-order valence-electron chi connectivity index (χ3n) is 11.6. The second-order valence-electron chi connectivity index (χ2n) is 18.1. The van der Waals surface area contributed by atoms with E-state index in [2.05, 4.69) is 144 Å². The summed E-state index contributed by atoms with van der Waals surface area (Å²) in [4.78, 5) is 0. The lowest BCUT2D eigenvalue weighted by Gasteiger charge is -2.46. The van der Waals surface area contributed by atoms with Crippen LogP contribution in [0.1, 0.15) is 108 Å². The minimum absolute atomic E-state index is 0.0125. The highest BCUT2D eigenvalue weighted by Crippen LogP contribution is 2.42. The molecule has 0 unspecified atom stereocenters. The van der Waals surface area contributed by atoms with Crippen LogP contribution in [0.3, 0.4) is 0 Å². The van der Waals surface area contributed by atoms with Gasteiger partial charge in [-0.3, -0.25) is 0 Å². The van der Waals surface area contributed by atoms with Crippen LogP contribution in [0.15, 0.2) is 59.8 Å². The minimum atomic E-state index is -1.92. The van der Waals surface area contributed by atoms with Crippen molar-refractivity contribution in [2.24, 2.45) is 11.8 Å². The number of hydrogen-bond acceptors (Lipinski definition) is 6. The zero-order valence-corrected chi connectivity index (χ0v) is 36.4. The quantitative estimate of drug-likeness (QED) is 0.0935. The SMILES string of the molecule is CC(=C/[C@@H]1O[C@H](CCO)C[C@@H](O[Si](C)(C)C(C)(C)C)[C@@H]1C)/C=C/C/C=C/C/C=C/C(C)=C\[C@@H]1O[C@H](CCO)C[C@@H](O[Si](C)(C)C(C)(C)C)[C@@H]1C. The van der Waals surface area contributed by atoms with Crippen LogP contribution in [0.25, 0.3) is 0 Å². The normalized spacial score (nSPS) is 29.9. The standard InChI is InChI=1S/C42H76O6Si2/c1-31(27-37-33(3)39(29-35(45-37)23-25-43)47-49(11,12)41(5,6)7)21-19-17-15-16-18-20-22-32(2)28-38-34(4)40(30-36(46-38)24-26-44)48-50(13,14)42(8,9)10/h15-16,19-22,27-28,33-40,43-44H,17-18,23-26,29-30H2,1-14H3/b16-15+,21-19+,22-20+,31-27-,32-28-/t33-,34-,35-,36-,37+,38+,39-,40-/m1/s1. The number of aliphatic hydroxyl groups excluding tert-OH is 2. The van der Waals surface area contributed by atoms with E-state index in [1.165, 1.54) is 11.1 Å². The van der Waals surface area contributed by atoms with E-state index in [1.807, 2.05) is 0 Å². The Morgan fingerprint density at radius 3 is 1.28 bits per heavy atom. The van der Waals surface area contributed by atoms with Gasteiger partial charge in [0.15, 0.2) is 16.6 Å². The van der Waals surface area contributed by atoms with E-state index in [9.17, 15) is 10.2 Å². The van der Waals surface area contributed by atoms with Gasteiger partial charge < -0.3 is 28.5 Å². The second kappa shape index (κ2) is 19.8. The monoisotopic (exact) mass is 733 g/mol. The molecule has 6 nitrogen and oxygen atoms in total. The number of hydrogen-bond donors (Lipinski definition) is 2. The van der Waals surface area contributed by atoms with Crippen LogP contribution in [0.2, 0.25) is 36.3 Å². The Bertz CT molecular complexity index is 1080. The molecule has 288 valence electrons. The zero-order valence-electron chi connectivity index (χ0n) is 34.4. The molecule has 2 fully saturated rings. The van der Waals surface area contributed by atoms with Crippen LogP contribution >= 0.6 is 0 Å². The summed E-state index contributed by atoms with van der Waals surface area (Å²) in [6, 6.07) is 0. The van der Waals surface area contributed by atoms with Gasteiger partial charge in [0.2, 0.25) is 0 Å². The van der Waals surface area contributed by atoms with E-state index in [4.69, 9.17) is 18.3 Å². The fraction of sp³-hybridized carbons (Fsp3) is 0.762. The molecule has 2 aliphatic rings. The summed E-state index contributed by atoms with van der Waals surface area (Å²) in [7, 11) is -3.84. The molecule has 0 spiro atoms. The van der Waals surface area contributed by atoms with Gasteiger partial charge in [-0.15, -0.1) is 0 Å². The molecule has 8 atom stereocenters. The van der Waals surface area contributed by atoms with Crippen molar-refractivity contribution in [1.82, 2.24) is 0 Å². The lowest BCUT2D eigenvalue weighted by atomic mass is 9.88. The molecule has 0 aromatic heterocycles. The molecule has 0 amide bonds. The van der Waals surface area contributed by atoms with Gasteiger partial charge in [-0.25, -0.2) is 0 Å². The average Bonchev–Trinajstić information content (AvgIpc) is 2.98. The van der Waals surface area contributed by atoms with E-state index >= 15 is 0 Å². The molecule has 50 heavy (non-hydrogen) atoms. The Balaban J connectivity index is 1.95. The molecule has 0 bridgehead atoms. The fourth-order valence-corrected chi connectivity index (χ4v) is 8.97. The highest BCUT2D eigenvalue weighted by Gasteiger charge is 2.45. The largest absolute Gasteiger partial charge is 0.413 e. The number of aliphatic hydroxyl groups is 2. The smallest absolute Gasteiger partial charge is 0.192 e. The van der Waals surface area contributed by atoms with Crippen molar-refractivity contribution in [2.75, 3.05) is 13.2 Å². The Morgan fingerprint density at radius 2 is 0.980 bits per heavy atom. The molecule has 2 saturated heterocycles. The van der Waals surface area contributed by atoms with Crippen LogP contribution in [-0.4, -0.2) is 76.7 Å². The van der Waals surface area contributed by atoms with E-state index < -0.39 is 16.6 Å². The van der Waals surface area contributed by atoms with E-state index in [1.54, 1.807) is 0 Å². The first-order valence-corrected chi connectivity index (χ1v) is 25.2. The van der Waals surface area contributed by atoms with Crippen molar-refractivity contribution in [3.8, 4) is 0 Å². The fourth-order valence-electron chi connectivity index (χ4n) is 6.12.